The van der Waals surface area contributed by atoms with Gasteiger partial charge in [-0.05, 0) is 39.8 Å². The van der Waals surface area contributed by atoms with Gasteiger partial charge >= 0.3 is 0 Å². The van der Waals surface area contributed by atoms with Crippen LogP contribution in [-0.2, 0) is 0 Å². The number of benzene rings is 1. The molecule has 0 atom stereocenters. The first-order chi connectivity index (χ1) is 10.2. The van der Waals surface area contributed by atoms with E-state index in [2.05, 4.69) is 41.2 Å². The molecule has 0 spiro atoms. The Balaban J connectivity index is 1.95. The first-order valence-corrected chi connectivity index (χ1v) is 7.72. The van der Waals surface area contributed by atoms with Gasteiger partial charge < -0.3 is 15.0 Å². The minimum atomic E-state index is 0.741. The molecule has 0 radical (unpaired) electrons. The van der Waals surface area contributed by atoms with E-state index in [0.29, 0.717) is 0 Å². The first kappa shape index (κ1) is 14.2. The van der Waals surface area contributed by atoms with Gasteiger partial charge in [-0.1, -0.05) is 0 Å². The Bertz CT molecular complexity index is 791. The predicted molar refractivity (Wildman–Crippen MR) is 86.0 cm³/mol. The fourth-order valence-electron chi connectivity index (χ4n) is 1.83. The zero-order valence-corrected chi connectivity index (χ0v) is 13.7. The van der Waals surface area contributed by atoms with Crippen LogP contribution in [0.3, 0.4) is 0 Å². The van der Waals surface area contributed by atoms with E-state index >= 15 is 0 Å². The van der Waals surface area contributed by atoms with Crippen molar-refractivity contribution in [2.75, 3.05) is 19.5 Å². The molecule has 0 aliphatic rings. The molecule has 0 amide bonds. The molecule has 3 aromatic rings. The van der Waals surface area contributed by atoms with Crippen LogP contribution in [0.25, 0.3) is 11.0 Å². The van der Waals surface area contributed by atoms with Crippen molar-refractivity contribution in [2.45, 2.75) is 10.2 Å². The molecule has 3 rings (SSSR count). The highest BCUT2D eigenvalue weighted by molar-refractivity contribution is 9.10. The number of rotatable bonds is 4. The molecule has 0 aliphatic heterocycles. The summed E-state index contributed by atoms with van der Waals surface area (Å²) in [7, 11) is 3.46. The van der Waals surface area contributed by atoms with E-state index in [4.69, 9.17) is 4.74 Å². The second-order valence-corrected chi connectivity index (χ2v) is 5.89. The number of fused-ring (bicyclic) bond motifs is 1. The zero-order valence-electron chi connectivity index (χ0n) is 11.3. The number of imidazole rings is 1. The second kappa shape index (κ2) is 5.90. The van der Waals surface area contributed by atoms with Gasteiger partial charge in [-0.25, -0.2) is 15.0 Å². The third kappa shape index (κ3) is 2.81. The SMILES string of the molecule is CNc1ncnc(Sc2nc3ccc(OC)cc3[nH]2)c1Br. The molecule has 1 aromatic carbocycles. The Hall–Kier alpha value is -1.80. The summed E-state index contributed by atoms with van der Waals surface area (Å²) >= 11 is 4.93. The van der Waals surface area contributed by atoms with E-state index in [1.54, 1.807) is 7.11 Å². The Morgan fingerprint density at radius 2 is 2.19 bits per heavy atom. The van der Waals surface area contributed by atoms with Crippen molar-refractivity contribution in [1.82, 2.24) is 19.9 Å². The Kier molecular flexibility index (Phi) is 3.98. The number of aromatic nitrogens is 4. The van der Waals surface area contributed by atoms with Crippen LogP contribution in [0.15, 0.2) is 39.2 Å². The number of nitrogens with zero attached hydrogens (tertiary/aromatic N) is 3. The van der Waals surface area contributed by atoms with Crippen molar-refractivity contribution < 1.29 is 4.74 Å². The van der Waals surface area contributed by atoms with Gasteiger partial charge in [-0.3, -0.25) is 0 Å². The van der Waals surface area contributed by atoms with Crippen molar-refractivity contribution in [2.24, 2.45) is 0 Å². The largest absolute Gasteiger partial charge is 0.497 e. The van der Waals surface area contributed by atoms with Crippen molar-refractivity contribution >= 4 is 44.5 Å². The average Bonchev–Trinajstić information content (AvgIpc) is 2.90. The number of methoxy groups -OCH3 is 1. The Labute approximate surface area is 133 Å². The highest BCUT2D eigenvalue weighted by Crippen LogP contribution is 2.34. The molecule has 0 bridgehead atoms. The third-order valence-corrected chi connectivity index (χ3v) is 4.76. The van der Waals surface area contributed by atoms with Crippen LogP contribution in [0.2, 0.25) is 0 Å². The number of hydrogen-bond donors (Lipinski definition) is 2. The average molecular weight is 366 g/mol. The molecule has 2 N–H and O–H groups in total. The molecule has 108 valence electrons. The van der Waals surface area contributed by atoms with Crippen LogP contribution in [0.5, 0.6) is 5.75 Å². The van der Waals surface area contributed by atoms with Gasteiger partial charge in [0.2, 0.25) is 0 Å². The summed E-state index contributed by atoms with van der Waals surface area (Å²) in [5, 5.41) is 4.56. The number of anilines is 1. The smallest absolute Gasteiger partial charge is 0.172 e. The lowest BCUT2D eigenvalue weighted by atomic mass is 10.3. The van der Waals surface area contributed by atoms with Gasteiger partial charge in [0.25, 0.3) is 0 Å². The maximum absolute atomic E-state index is 5.21. The minimum absolute atomic E-state index is 0.741. The van der Waals surface area contributed by atoms with Crippen LogP contribution in [0.4, 0.5) is 5.82 Å². The molecule has 0 fully saturated rings. The van der Waals surface area contributed by atoms with E-state index in [-0.39, 0.29) is 0 Å². The highest BCUT2D eigenvalue weighted by Gasteiger charge is 2.12. The fraction of sp³-hybridized carbons (Fsp3) is 0.154. The molecular weight excluding hydrogens is 354 g/mol. The van der Waals surface area contributed by atoms with E-state index < -0.39 is 0 Å². The maximum Gasteiger partial charge on any atom is 0.172 e. The van der Waals surface area contributed by atoms with Gasteiger partial charge in [0.1, 0.15) is 22.9 Å². The number of ether oxygens (including phenoxy) is 1. The lowest BCUT2D eigenvalue weighted by Gasteiger charge is -2.05. The summed E-state index contributed by atoms with van der Waals surface area (Å²) in [6.07, 6.45) is 1.52. The summed E-state index contributed by atoms with van der Waals surface area (Å²) in [5.74, 6) is 1.54. The highest BCUT2D eigenvalue weighted by atomic mass is 79.9. The topological polar surface area (TPSA) is 75.7 Å². The van der Waals surface area contributed by atoms with E-state index in [0.717, 1.165) is 37.3 Å². The summed E-state index contributed by atoms with van der Waals surface area (Å²) in [4.78, 5) is 16.2. The number of H-pyrrole nitrogens is 1. The Morgan fingerprint density at radius 3 is 2.95 bits per heavy atom. The molecule has 8 heteroatoms. The molecule has 0 aliphatic carbocycles. The second-order valence-electron chi connectivity index (χ2n) is 4.12. The number of hydrogen-bond acceptors (Lipinski definition) is 6. The van der Waals surface area contributed by atoms with Crippen LogP contribution >= 0.6 is 27.7 Å². The monoisotopic (exact) mass is 365 g/mol. The first-order valence-electron chi connectivity index (χ1n) is 6.11. The quantitative estimate of drug-likeness (QED) is 0.690. The van der Waals surface area contributed by atoms with Gasteiger partial charge in [0.15, 0.2) is 5.16 Å². The summed E-state index contributed by atoms with van der Waals surface area (Å²) < 4.78 is 6.02. The summed E-state index contributed by atoms with van der Waals surface area (Å²) in [6.45, 7) is 0. The standard InChI is InChI=1S/C13H12BrN5OS/c1-15-11-10(14)12(17-6-16-11)21-13-18-8-4-3-7(20-2)5-9(8)19-13/h3-6H,1-2H3,(H,18,19)(H,15,16,17). The lowest BCUT2D eigenvalue weighted by Crippen LogP contribution is -1.96. The normalized spacial score (nSPS) is 10.8. The minimum Gasteiger partial charge on any atom is -0.497 e. The molecule has 21 heavy (non-hydrogen) atoms. The molecular formula is C13H12BrN5OS. The van der Waals surface area contributed by atoms with Crippen molar-refractivity contribution in [1.29, 1.82) is 0 Å². The van der Waals surface area contributed by atoms with E-state index in [9.17, 15) is 0 Å². The van der Waals surface area contributed by atoms with Crippen molar-refractivity contribution in [3.8, 4) is 5.75 Å². The van der Waals surface area contributed by atoms with Crippen LogP contribution in [0, 0.1) is 0 Å². The van der Waals surface area contributed by atoms with E-state index in [1.807, 2.05) is 25.2 Å². The van der Waals surface area contributed by atoms with Crippen LogP contribution in [-0.4, -0.2) is 34.1 Å². The number of aromatic amines is 1. The van der Waals surface area contributed by atoms with Gasteiger partial charge in [-0.15, -0.1) is 0 Å². The zero-order chi connectivity index (χ0) is 14.8. The molecule has 0 saturated heterocycles. The van der Waals surface area contributed by atoms with Crippen molar-refractivity contribution in [3.05, 3.63) is 29.0 Å². The molecule has 0 saturated carbocycles. The Morgan fingerprint density at radius 1 is 1.33 bits per heavy atom. The third-order valence-electron chi connectivity index (χ3n) is 2.85. The number of nitrogens with one attached hydrogen (secondary N) is 2. The summed E-state index contributed by atoms with van der Waals surface area (Å²) in [6, 6.07) is 5.72. The summed E-state index contributed by atoms with van der Waals surface area (Å²) in [5.41, 5.74) is 1.81. The number of halogens is 1. The van der Waals surface area contributed by atoms with E-state index in [1.165, 1.54) is 18.1 Å². The van der Waals surface area contributed by atoms with Crippen molar-refractivity contribution in [3.63, 3.8) is 0 Å². The van der Waals surface area contributed by atoms with Gasteiger partial charge in [0.05, 0.1) is 22.6 Å². The molecule has 6 nitrogen and oxygen atoms in total. The molecule has 0 unspecified atom stereocenters. The van der Waals surface area contributed by atoms with Crippen LogP contribution in [0.1, 0.15) is 0 Å². The van der Waals surface area contributed by atoms with Gasteiger partial charge in [0, 0.05) is 13.1 Å². The molecule has 2 heterocycles. The van der Waals surface area contributed by atoms with Gasteiger partial charge in [-0.2, -0.15) is 0 Å². The lowest BCUT2D eigenvalue weighted by molar-refractivity contribution is 0.415. The predicted octanol–water partition coefficient (Wildman–Crippen LogP) is 3.32. The maximum atomic E-state index is 5.21. The molecule has 2 aromatic heterocycles. The fourth-order valence-corrected chi connectivity index (χ4v) is 3.25. The van der Waals surface area contributed by atoms with Crippen LogP contribution < -0.4 is 10.1 Å².